The lowest BCUT2D eigenvalue weighted by atomic mass is 10.3. The number of anilines is 1. The molecule has 0 saturated carbocycles. The average Bonchev–Trinajstić information content (AvgIpc) is 2.52. The molecule has 1 N–H and O–H groups in total. The maximum absolute atomic E-state index is 13.4. The summed E-state index contributed by atoms with van der Waals surface area (Å²) in [4.78, 5) is 12.6. The van der Waals surface area contributed by atoms with E-state index in [4.69, 9.17) is 11.6 Å². The van der Waals surface area contributed by atoms with E-state index < -0.39 is 5.82 Å². The number of carbonyl (C=O) groups excluding carboxylic acids is 1. The van der Waals surface area contributed by atoms with Crippen molar-refractivity contribution in [2.24, 2.45) is 0 Å². The molecule has 2 amide bonds. The summed E-state index contributed by atoms with van der Waals surface area (Å²) in [6.45, 7) is 1.03. The number of benzene rings is 1. The minimum absolute atomic E-state index is 0.268. The van der Waals surface area contributed by atoms with Gasteiger partial charge in [-0.05, 0) is 18.2 Å². The highest BCUT2D eigenvalue weighted by atomic mass is 35.5. The number of halogens is 2. The summed E-state index contributed by atoms with van der Waals surface area (Å²) in [5.41, 5.74) is 0.268. The molecule has 0 spiro atoms. The summed E-state index contributed by atoms with van der Waals surface area (Å²) in [6.07, 6.45) is 0. The maximum atomic E-state index is 13.4. The van der Waals surface area contributed by atoms with Gasteiger partial charge in [-0.15, -0.1) is 0 Å². The monoisotopic (exact) mass is 214 g/mol. The van der Waals surface area contributed by atoms with Crippen molar-refractivity contribution in [1.29, 1.82) is 0 Å². The van der Waals surface area contributed by atoms with Crippen LogP contribution < -0.4 is 10.2 Å². The van der Waals surface area contributed by atoms with E-state index in [0.717, 1.165) is 0 Å². The molecule has 1 aromatic rings. The quantitative estimate of drug-likeness (QED) is 0.762. The predicted molar refractivity (Wildman–Crippen MR) is 52.2 cm³/mol. The van der Waals surface area contributed by atoms with Crippen molar-refractivity contribution in [1.82, 2.24) is 5.32 Å². The first-order valence-corrected chi connectivity index (χ1v) is 4.57. The van der Waals surface area contributed by atoms with E-state index in [1.54, 1.807) is 6.07 Å². The molecule has 0 bridgehead atoms. The van der Waals surface area contributed by atoms with Gasteiger partial charge in [0.25, 0.3) is 0 Å². The Morgan fingerprint density at radius 3 is 2.86 bits per heavy atom. The first-order chi connectivity index (χ1) is 6.68. The first kappa shape index (κ1) is 9.27. The van der Waals surface area contributed by atoms with Crippen LogP contribution in [0.1, 0.15) is 0 Å². The van der Waals surface area contributed by atoms with E-state index in [2.05, 4.69) is 5.32 Å². The summed E-state index contributed by atoms with van der Waals surface area (Å²) in [7, 11) is 0. The molecule has 1 saturated heterocycles. The fourth-order valence-electron chi connectivity index (χ4n) is 1.40. The minimum atomic E-state index is -0.477. The first-order valence-electron chi connectivity index (χ1n) is 4.19. The standard InChI is InChI=1S/C9H8ClFN2O/c10-6-1-2-8(7(11)5-6)13-4-3-12-9(13)14/h1-2,5H,3-4H2,(H,12,14). The summed E-state index contributed by atoms with van der Waals surface area (Å²) in [5.74, 6) is -0.477. The number of urea groups is 1. The lowest BCUT2D eigenvalue weighted by Gasteiger charge is -2.14. The van der Waals surface area contributed by atoms with Gasteiger partial charge in [0, 0.05) is 18.1 Å². The molecule has 5 heteroatoms. The van der Waals surface area contributed by atoms with E-state index in [9.17, 15) is 9.18 Å². The molecule has 3 nitrogen and oxygen atoms in total. The minimum Gasteiger partial charge on any atom is -0.336 e. The van der Waals surface area contributed by atoms with Crippen LogP contribution in [0.3, 0.4) is 0 Å². The van der Waals surface area contributed by atoms with Crippen molar-refractivity contribution in [2.75, 3.05) is 18.0 Å². The second kappa shape index (κ2) is 3.46. The van der Waals surface area contributed by atoms with Crippen molar-refractivity contribution < 1.29 is 9.18 Å². The van der Waals surface area contributed by atoms with Gasteiger partial charge in [0.05, 0.1) is 5.69 Å². The van der Waals surface area contributed by atoms with Crippen molar-refractivity contribution in [3.8, 4) is 0 Å². The SMILES string of the molecule is O=C1NCCN1c1ccc(Cl)cc1F. The zero-order valence-electron chi connectivity index (χ0n) is 7.26. The fourth-order valence-corrected chi connectivity index (χ4v) is 1.56. The van der Waals surface area contributed by atoms with E-state index >= 15 is 0 Å². The molecule has 2 rings (SSSR count). The van der Waals surface area contributed by atoms with E-state index in [1.165, 1.54) is 17.0 Å². The number of hydrogen-bond donors (Lipinski definition) is 1. The van der Waals surface area contributed by atoms with Crippen LogP contribution in [0, 0.1) is 5.82 Å². The lowest BCUT2D eigenvalue weighted by Crippen LogP contribution is -2.28. The molecule has 1 aliphatic heterocycles. The van der Waals surface area contributed by atoms with Gasteiger partial charge in [-0.25, -0.2) is 9.18 Å². The van der Waals surface area contributed by atoms with Gasteiger partial charge >= 0.3 is 6.03 Å². The van der Waals surface area contributed by atoms with E-state index in [1.807, 2.05) is 0 Å². The van der Waals surface area contributed by atoms with Crippen LogP contribution in [-0.2, 0) is 0 Å². The molecule has 0 radical (unpaired) electrons. The smallest absolute Gasteiger partial charge is 0.322 e. The van der Waals surface area contributed by atoms with Crippen molar-refractivity contribution >= 4 is 23.3 Å². The number of carbonyl (C=O) groups is 1. The molecule has 0 aliphatic carbocycles. The van der Waals surface area contributed by atoms with Crippen LogP contribution >= 0.6 is 11.6 Å². The number of amides is 2. The second-order valence-corrected chi connectivity index (χ2v) is 3.42. The Kier molecular flexibility index (Phi) is 2.29. The second-order valence-electron chi connectivity index (χ2n) is 2.98. The van der Waals surface area contributed by atoms with Gasteiger partial charge in [0.15, 0.2) is 0 Å². The molecule has 0 atom stereocenters. The molecular weight excluding hydrogens is 207 g/mol. The molecule has 74 valence electrons. The van der Waals surface area contributed by atoms with Crippen molar-refractivity contribution in [2.45, 2.75) is 0 Å². The molecular formula is C9H8ClFN2O. The topological polar surface area (TPSA) is 32.3 Å². The molecule has 1 fully saturated rings. The largest absolute Gasteiger partial charge is 0.336 e. The van der Waals surface area contributed by atoms with Gasteiger partial charge < -0.3 is 5.32 Å². The van der Waals surface area contributed by atoms with Gasteiger partial charge in [0.2, 0.25) is 0 Å². The van der Waals surface area contributed by atoms with Crippen LogP contribution in [0.5, 0.6) is 0 Å². The fraction of sp³-hybridized carbons (Fsp3) is 0.222. The third kappa shape index (κ3) is 1.53. The summed E-state index contributed by atoms with van der Waals surface area (Å²) in [5, 5.41) is 2.92. The number of nitrogens with one attached hydrogen (secondary N) is 1. The Labute approximate surface area is 85.5 Å². The number of rotatable bonds is 1. The maximum Gasteiger partial charge on any atom is 0.322 e. The van der Waals surface area contributed by atoms with Crippen LogP contribution in [0.25, 0.3) is 0 Å². The van der Waals surface area contributed by atoms with Crippen LogP contribution in [0.15, 0.2) is 18.2 Å². The van der Waals surface area contributed by atoms with Gasteiger partial charge in [-0.1, -0.05) is 11.6 Å². The Balaban J connectivity index is 2.36. The van der Waals surface area contributed by atoms with E-state index in [-0.39, 0.29) is 11.7 Å². The molecule has 0 aromatic heterocycles. The van der Waals surface area contributed by atoms with Crippen LogP contribution in [0.2, 0.25) is 5.02 Å². The summed E-state index contributed by atoms with van der Waals surface area (Å²) < 4.78 is 13.4. The molecule has 1 aliphatic rings. The summed E-state index contributed by atoms with van der Waals surface area (Å²) in [6, 6.07) is 3.99. The number of hydrogen-bond acceptors (Lipinski definition) is 1. The molecule has 14 heavy (non-hydrogen) atoms. The summed E-state index contributed by atoms with van der Waals surface area (Å²) >= 11 is 5.60. The Hall–Kier alpha value is -1.29. The Morgan fingerprint density at radius 2 is 2.29 bits per heavy atom. The molecule has 1 heterocycles. The lowest BCUT2D eigenvalue weighted by molar-refractivity contribution is 0.252. The van der Waals surface area contributed by atoms with Gasteiger partial charge in [-0.2, -0.15) is 0 Å². The third-order valence-electron chi connectivity index (χ3n) is 2.06. The van der Waals surface area contributed by atoms with E-state index in [0.29, 0.717) is 18.1 Å². The predicted octanol–water partition coefficient (Wildman–Crippen LogP) is 2.01. The zero-order valence-corrected chi connectivity index (χ0v) is 8.01. The third-order valence-corrected chi connectivity index (χ3v) is 2.29. The average molecular weight is 215 g/mol. The Morgan fingerprint density at radius 1 is 1.50 bits per heavy atom. The van der Waals surface area contributed by atoms with Crippen LogP contribution in [0.4, 0.5) is 14.9 Å². The normalized spacial score (nSPS) is 15.9. The molecule has 1 aromatic carbocycles. The van der Waals surface area contributed by atoms with Gasteiger partial charge in [0.1, 0.15) is 5.82 Å². The van der Waals surface area contributed by atoms with Crippen molar-refractivity contribution in [3.05, 3.63) is 29.0 Å². The van der Waals surface area contributed by atoms with Crippen molar-refractivity contribution in [3.63, 3.8) is 0 Å². The highest BCUT2D eigenvalue weighted by Crippen LogP contribution is 2.23. The molecule has 0 unspecified atom stereocenters. The number of nitrogens with zero attached hydrogens (tertiary/aromatic N) is 1. The van der Waals surface area contributed by atoms with Gasteiger partial charge in [-0.3, -0.25) is 4.90 Å². The zero-order chi connectivity index (χ0) is 10.1. The van der Waals surface area contributed by atoms with Crippen LogP contribution in [-0.4, -0.2) is 19.1 Å². The Bertz CT molecular complexity index is 383. The highest BCUT2D eigenvalue weighted by Gasteiger charge is 2.23. The highest BCUT2D eigenvalue weighted by molar-refractivity contribution is 6.30.